The van der Waals surface area contributed by atoms with E-state index >= 15 is 0 Å². The van der Waals surface area contributed by atoms with E-state index in [2.05, 4.69) is 25.9 Å². The summed E-state index contributed by atoms with van der Waals surface area (Å²) in [5, 5.41) is 9.09. The van der Waals surface area contributed by atoms with Gasteiger partial charge in [0.15, 0.2) is 5.96 Å². The summed E-state index contributed by atoms with van der Waals surface area (Å²) < 4.78 is 28.0. The van der Waals surface area contributed by atoms with Crippen LogP contribution in [0.1, 0.15) is 18.5 Å². The molecule has 0 saturated carbocycles. The zero-order valence-electron chi connectivity index (χ0n) is 17.5. The molecular formula is C21H27F2IN6O. The number of nitrogens with one attached hydrogen (secondary N) is 3. The van der Waals surface area contributed by atoms with Crippen LogP contribution >= 0.6 is 24.0 Å². The van der Waals surface area contributed by atoms with Gasteiger partial charge in [0.25, 0.3) is 0 Å². The van der Waals surface area contributed by atoms with Crippen LogP contribution in [0.25, 0.3) is 0 Å². The van der Waals surface area contributed by atoms with Crippen LogP contribution in [-0.4, -0.2) is 49.6 Å². The molecule has 168 valence electrons. The van der Waals surface area contributed by atoms with Crippen LogP contribution in [0.15, 0.2) is 41.4 Å². The van der Waals surface area contributed by atoms with Gasteiger partial charge in [-0.1, -0.05) is 12.1 Å². The highest BCUT2D eigenvalue weighted by molar-refractivity contribution is 14.0. The molecule has 1 atom stereocenters. The topological polar surface area (TPSA) is 81.6 Å². The lowest BCUT2D eigenvalue weighted by Gasteiger charge is -2.21. The molecule has 10 heteroatoms. The summed E-state index contributed by atoms with van der Waals surface area (Å²) in [6, 6.07) is 9.30. The van der Waals surface area contributed by atoms with Crippen LogP contribution in [0.4, 0.5) is 20.3 Å². The van der Waals surface area contributed by atoms with Gasteiger partial charge in [0.1, 0.15) is 23.1 Å². The molecule has 1 aliphatic rings. The summed E-state index contributed by atoms with van der Waals surface area (Å²) >= 11 is 0. The Morgan fingerprint density at radius 3 is 2.61 bits per heavy atom. The second kappa shape index (κ2) is 11.8. The van der Waals surface area contributed by atoms with Crippen LogP contribution in [-0.2, 0) is 4.79 Å². The molecule has 0 bridgehead atoms. The number of aryl methyl sites for hydroxylation is 1. The van der Waals surface area contributed by atoms with Crippen molar-refractivity contribution < 1.29 is 13.6 Å². The van der Waals surface area contributed by atoms with Crippen molar-refractivity contribution in [2.75, 3.05) is 36.9 Å². The lowest BCUT2D eigenvalue weighted by molar-refractivity contribution is -0.116. The summed E-state index contributed by atoms with van der Waals surface area (Å²) in [5.74, 6) is -0.219. The number of aromatic nitrogens is 1. The van der Waals surface area contributed by atoms with Crippen molar-refractivity contribution in [3.8, 4) is 0 Å². The van der Waals surface area contributed by atoms with Crippen LogP contribution in [0.3, 0.4) is 0 Å². The number of aliphatic imine (C=N–C) groups is 1. The molecule has 1 aromatic heterocycles. The van der Waals surface area contributed by atoms with Crippen molar-refractivity contribution in [2.45, 2.75) is 25.8 Å². The maximum atomic E-state index is 14.0. The summed E-state index contributed by atoms with van der Waals surface area (Å²) in [6.07, 6.45) is 0.960. The van der Waals surface area contributed by atoms with E-state index in [4.69, 9.17) is 0 Å². The third-order valence-corrected chi connectivity index (χ3v) is 4.81. The van der Waals surface area contributed by atoms with Crippen LogP contribution in [0.2, 0.25) is 0 Å². The first-order valence-corrected chi connectivity index (χ1v) is 9.86. The van der Waals surface area contributed by atoms with Gasteiger partial charge in [0.2, 0.25) is 5.91 Å². The van der Waals surface area contributed by atoms with E-state index in [1.54, 1.807) is 18.0 Å². The summed E-state index contributed by atoms with van der Waals surface area (Å²) in [7, 11) is 1.63. The zero-order chi connectivity index (χ0) is 21.5. The van der Waals surface area contributed by atoms with Gasteiger partial charge in [-0.25, -0.2) is 13.8 Å². The number of anilines is 2. The molecule has 2 heterocycles. The number of amides is 1. The molecule has 1 fully saturated rings. The predicted octanol–water partition coefficient (Wildman–Crippen LogP) is 3.06. The van der Waals surface area contributed by atoms with Gasteiger partial charge >= 0.3 is 0 Å². The van der Waals surface area contributed by atoms with Gasteiger partial charge < -0.3 is 20.9 Å². The second-order valence-corrected chi connectivity index (χ2v) is 7.11. The first-order chi connectivity index (χ1) is 14.5. The molecule has 3 N–H and O–H groups in total. The molecule has 1 aliphatic heterocycles. The molecule has 0 aliphatic carbocycles. The summed E-state index contributed by atoms with van der Waals surface area (Å²) in [4.78, 5) is 22.2. The van der Waals surface area contributed by atoms with Crippen molar-refractivity contribution in [1.82, 2.24) is 15.6 Å². The maximum absolute atomic E-state index is 14.0. The predicted molar refractivity (Wildman–Crippen MR) is 129 cm³/mol. The molecule has 1 amide bonds. The SMILES string of the molecule is CN=C(NCCC(=O)Nc1cccc(C)n1)NC1CCN(c2c(F)cccc2F)C1.I. The second-order valence-electron chi connectivity index (χ2n) is 7.11. The van der Waals surface area contributed by atoms with E-state index < -0.39 is 11.6 Å². The number of para-hydroxylation sites is 1. The first kappa shape index (κ1) is 24.8. The van der Waals surface area contributed by atoms with Crippen molar-refractivity contribution in [3.63, 3.8) is 0 Å². The van der Waals surface area contributed by atoms with E-state index in [0.717, 1.165) is 5.69 Å². The maximum Gasteiger partial charge on any atom is 0.227 e. The fourth-order valence-electron chi connectivity index (χ4n) is 3.37. The third-order valence-electron chi connectivity index (χ3n) is 4.81. The number of benzene rings is 1. The fourth-order valence-corrected chi connectivity index (χ4v) is 3.37. The number of hydrogen-bond donors (Lipinski definition) is 3. The Morgan fingerprint density at radius 2 is 1.94 bits per heavy atom. The molecule has 1 saturated heterocycles. The number of guanidine groups is 1. The fraction of sp³-hybridized carbons (Fsp3) is 0.381. The minimum atomic E-state index is -0.563. The van der Waals surface area contributed by atoms with Gasteiger partial charge in [0, 0.05) is 44.8 Å². The van der Waals surface area contributed by atoms with E-state index in [1.807, 2.05) is 19.1 Å². The molecule has 0 radical (unpaired) electrons. The Balaban J connectivity index is 0.00000341. The average Bonchev–Trinajstić information content (AvgIpc) is 3.15. The highest BCUT2D eigenvalue weighted by atomic mass is 127. The normalized spacial score (nSPS) is 15.9. The number of carbonyl (C=O) groups excluding carboxylic acids is 1. The molecule has 1 unspecified atom stereocenters. The number of pyridine rings is 1. The Kier molecular flexibility index (Phi) is 9.41. The summed E-state index contributed by atoms with van der Waals surface area (Å²) in [6.45, 7) is 3.24. The molecule has 31 heavy (non-hydrogen) atoms. The monoisotopic (exact) mass is 544 g/mol. The van der Waals surface area contributed by atoms with Gasteiger partial charge in [-0.3, -0.25) is 9.79 Å². The van der Waals surface area contributed by atoms with Crippen molar-refractivity contribution in [3.05, 3.63) is 53.7 Å². The Hall–Kier alpha value is -2.50. The number of nitrogens with zero attached hydrogens (tertiary/aromatic N) is 3. The van der Waals surface area contributed by atoms with Crippen LogP contribution in [0, 0.1) is 18.6 Å². The third kappa shape index (κ3) is 7.01. The van der Waals surface area contributed by atoms with E-state index in [0.29, 0.717) is 37.8 Å². The van der Waals surface area contributed by atoms with Gasteiger partial charge in [-0.2, -0.15) is 0 Å². The van der Waals surface area contributed by atoms with Crippen LogP contribution < -0.4 is 20.9 Å². The van der Waals surface area contributed by atoms with Crippen molar-refractivity contribution >= 4 is 47.3 Å². The van der Waals surface area contributed by atoms with E-state index in [9.17, 15) is 13.6 Å². The number of halogens is 3. The molecule has 3 rings (SSSR count). The molecular weight excluding hydrogens is 517 g/mol. The number of carbonyl (C=O) groups is 1. The average molecular weight is 544 g/mol. The van der Waals surface area contributed by atoms with Gasteiger partial charge in [-0.15, -0.1) is 24.0 Å². The molecule has 0 spiro atoms. The minimum Gasteiger partial charge on any atom is -0.365 e. The molecule has 1 aromatic carbocycles. The van der Waals surface area contributed by atoms with Gasteiger partial charge in [0.05, 0.1) is 0 Å². The molecule has 2 aromatic rings. The molecule has 7 nitrogen and oxygen atoms in total. The Bertz CT molecular complexity index is 906. The standard InChI is InChI=1S/C21H26F2N6O.HI/c1-14-5-3-8-18(26-14)28-19(30)9-11-25-21(24-2)27-15-10-12-29(13-15)20-16(22)6-4-7-17(20)23;/h3-8,15H,9-13H2,1-2H3,(H2,24,25,27)(H,26,28,30);1H. The van der Waals surface area contributed by atoms with E-state index in [-0.39, 0.29) is 48.0 Å². The highest BCUT2D eigenvalue weighted by Gasteiger charge is 2.27. The first-order valence-electron chi connectivity index (χ1n) is 9.86. The van der Waals surface area contributed by atoms with Crippen LogP contribution in [0.5, 0.6) is 0 Å². The summed E-state index contributed by atoms with van der Waals surface area (Å²) in [5.41, 5.74) is 0.836. The van der Waals surface area contributed by atoms with E-state index in [1.165, 1.54) is 18.2 Å². The smallest absolute Gasteiger partial charge is 0.227 e. The Morgan fingerprint density at radius 1 is 1.23 bits per heavy atom. The lowest BCUT2D eigenvalue weighted by Crippen LogP contribution is -2.45. The quantitative estimate of drug-likeness (QED) is 0.296. The van der Waals surface area contributed by atoms with Crippen molar-refractivity contribution in [2.24, 2.45) is 4.99 Å². The highest BCUT2D eigenvalue weighted by Crippen LogP contribution is 2.26. The Labute approximate surface area is 197 Å². The number of rotatable bonds is 6. The zero-order valence-corrected chi connectivity index (χ0v) is 19.8. The largest absolute Gasteiger partial charge is 0.365 e. The van der Waals surface area contributed by atoms with Gasteiger partial charge in [-0.05, 0) is 37.6 Å². The lowest BCUT2D eigenvalue weighted by atomic mass is 10.2. The minimum absolute atomic E-state index is 0. The number of hydrogen-bond acceptors (Lipinski definition) is 4. The van der Waals surface area contributed by atoms with Crippen molar-refractivity contribution in [1.29, 1.82) is 0 Å².